The van der Waals surface area contributed by atoms with Gasteiger partial charge in [-0.1, -0.05) is 6.07 Å². The molecule has 0 saturated carbocycles. The minimum Gasteiger partial charge on any atom is -0.410 e. The average molecular weight is 276 g/mol. The molecular weight excluding hydrogens is 252 g/mol. The Hall–Kier alpha value is -1.55. The maximum atomic E-state index is 11.8. The lowest BCUT2D eigenvalue weighted by molar-refractivity contribution is 0.190. The number of rotatable bonds is 2. The van der Waals surface area contributed by atoms with Crippen molar-refractivity contribution in [3.63, 3.8) is 0 Å². The summed E-state index contributed by atoms with van der Waals surface area (Å²) >= 11 is 0. The van der Waals surface area contributed by atoms with Crippen LogP contribution in [0.1, 0.15) is 44.4 Å². The van der Waals surface area contributed by atoms with Crippen LogP contribution in [0.3, 0.4) is 0 Å². The molecule has 1 atom stereocenters. The number of nitrogens with one attached hydrogen (secondary N) is 1. The Kier molecular flexibility index (Phi) is 4.04. The molecule has 1 amide bonds. The highest BCUT2D eigenvalue weighted by atomic mass is 16.6. The molecule has 0 saturated heterocycles. The Balaban J connectivity index is 2.08. The fraction of sp³-hybridized carbons (Fsp3) is 0.562. The molecule has 1 aliphatic rings. The molecule has 0 fully saturated rings. The van der Waals surface area contributed by atoms with Gasteiger partial charge in [0.05, 0.1) is 0 Å². The van der Waals surface area contributed by atoms with E-state index in [4.69, 9.17) is 4.74 Å². The van der Waals surface area contributed by atoms with E-state index in [1.807, 2.05) is 32.9 Å². The van der Waals surface area contributed by atoms with E-state index in [0.717, 1.165) is 12.8 Å². The zero-order valence-corrected chi connectivity index (χ0v) is 13.0. The monoisotopic (exact) mass is 276 g/mol. The van der Waals surface area contributed by atoms with Crippen LogP contribution in [-0.2, 0) is 6.42 Å². The second kappa shape index (κ2) is 5.44. The van der Waals surface area contributed by atoms with Gasteiger partial charge in [-0.05, 0) is 71.0 Å². The summed E-state index contributed by atoms with van der Waals surface area (Å²) in [5.41, 5.74) is 2.34. The van der Waals surface area contributed by atoms with E-state index in [-0.39, 0.29) is 5.54 Å². The molecule has 20 heavy (non-hydrogen) atoms. The van der Waals surface area contributed by atoms with Gasteiger partial charge in [0.1, 0.15) is 5.75 Å². The summed E-state index contributed by atoms with van der Waals surface area (Å²) in [6.45, 7) is 5.79. The lowest BCUT2D eigenvalue weighted by Gasteiger charge is -2.21. The Morgan fingerprint density at radius 1 is 1.35 bits per heavy atom. The van der Waals surface area contributed by atoms with Crippen LogP contribution < -0.4 is 10.1 Å². The molecule has 0 bridgehead atoms. The van der Waals surface area contributed by atoms with Crippen LogP contribution in [0.2, 0.25) is 0 Å². The highest BCUT2D eigenvalue weighted by Gasteiger charge is 2.24. The number of hydrogen-bond acceptors (Lipinski definition) is 3. The zero-order chi connectivity index (χ0) is 14.9. The topological polar surface area (TPSA) is 41.6 Å². The number of nitrogens with zero attached hydrogens (tertiary/aromatic N) is 1. The van der Waals surface area contributed by atoms with Crippen LogP contribution in [-0.4, -0.2) is 30.6 Å². The zero-order valence-electron chi connectivity index (χ0n) is 13.0. The van der Waals surface area contributed by atoms with Gasteiger partial charge in [-0.2, -0.15) is 0 Å². The van der Waals surface area contributed by atoms with Crippen molar-refractivity contribution in [2.75, 3.05) is 14.1 Å². The Labute approximate surface area is 121 Å². The highest BCUT2D eigenvalue weighted by molar-refractivity contribution is 5.71. The summed E-state index contributed by atoms with van der Waals surface area (Å²) in [5.74, 6) is 0.616. The van der Waals surface area contributed by atoms with Gasteiger partial charge in [0.25, 0.3) is 0 Å². The van der Waals surface area contributed by atoms with Crippen LogP contribution in [0.4, 0.5) is 4.79 Å². The van der Waals surface area contributed by atoms with Crippen LogP contribution in [0, 0.1) is 0 Å². The molecule has 0 spiro atoms. The minimum atomic E-state index is -0.403. The molecule has 110 valence electrons. The van der Waals surface area contributed by atoms with Gasteiger partial charge < -0.3 is 15.0 Å². The first-order chi connectivity index (χ1) is 9.26. The molecule has 0 aliphatic heterocycles. The number of carbonyl (C=O) groups excluding carboxylic acids is 1. The summed E-state index contributed by atoms with van der Waals surface area (Å²) in [5, 5.41) is 2.79. The predicted molar refractivity (Wildman–Crippen MR) is 80.1 cm³/mol. The maximum Gasteiger partial charge on any atom is 0.413 e. The van der Waals surface area contributed by atoms with Crippen LogP contribution in [0.5, 0.6) is 5.75 Å². The second-order valence-corrected chi connectivity index (χ2v) is 6.64. The molecule has 0 aromatic heterocycles. The van der Waals surface area contributed by atoms with Crippen LogP contribution in [0.25, 0.3) is 0 Å². The summed E-state index contributed by atoms with van der Waals surface area (Å²) in [6, 6.07) is 6.42. The number of hydrogen-bond donors (Lipinski definition) is 1. The van der Waals surface area contributed by atoms with E-state index in [1.54, 1.807) is 0 Å². The van der Waals surface area contributed by atoms with Crippen molar-refractivity contribution in [3.8, 4) is 5.75 Å². The van der Waals surface area contributed by atoms with Crippen molar-refractivity contribution < 1.29 is 9.53 Å². The van der Waals surface area contributed by atoms with Gasteiger partial charge in [0.15, 0.2) is 0 Å². The van der Waals surface area contributed by atoms with Gasteiger partial charge in [-0.25, -0.2) is 4.79 Å². The quantitative estimate of drug-likeness (QED) is 0.902. The number of carbonyl (C=O) groups is 1. The van der Waals surface area contributed by atoms with Gasteiger partial charge >= 0.3 is 6.09 Å². The largest absolute Gasteiger partial charge is 0.413 e. The SMILES string of the molecule is CN(C)C1CCc2cc(OC(=O)NC(C)(C)C)ccc21. The summed E-state index contributed by atoms with van der Waals surface area (Å²) in [7, 11) is 4.20. The molecule has 4 heteroatoms. The van der Waals surface area contributed by atoms with Crippen molar-refractivity contribution >= 4 is 6.09 Å². The van der Waals surface area contributed by atoms with Crippen molar-refractivity contribution in [1.29, 1.82) is 0 Å². The van der Waals surface area contributed by atoms with Crippen molar-refractivity contribution in [3.05, 3.63) is 29.3 Å². The van der Waals surface area contributed by atoms with Gasteiger partial charge in [-0.3, -0.25) is 0 Å². The maximum absolute atomic E-state index is 11.8. The normalized spacial score (nSPS) is 18.0. The third-order valence-electron chi connectivity index (χ3n) is 3.47. The molecular formula is C16H24N2O2. The molecule has 1 N–H and O–H groups in total. The number of fused-ring (bicyclic) bond motifs is 1. The van der Waals surface area contributed by atoms with Crippen molar-refractivity contribution in [1.82, 2.24) is 10.2 Å². The minimum absolute atomic E-state index is 0.288. The molecule has 0 heterocycles. The van der Waals surface area contributed by atoms with Crippen LogP contribution >= 0.6 is 0 Å². The smallest absolute Gasteiger partial charge is 0.410 e. The number of amides is 1. The fourth-order valence-corrected chi connectivity index (χ4v) is 2.61. The van der Waals surface area contributed by atoms with E-state index in [9.17, 15) is 4.79 Å². The van der Waals surface area contributed by atoms with Crippen molar-refractivity contribution in [2.45, 2.75) is 45.2 Å². The first-order valence-electron chi connectivity index (χ1n) is 7.05. The Morgan fingerprint density at radius 3 is 2.65 bits per heavy atom. The number of aryl methyl sites for hydroxylation is 1. The fourth-order valence-electron chi connectivity index (χ4n) is 2.61. The first kappa shape index (κ1) is 14.9. The van der Waals surface area contributed by atoms with Crippen molar-refractivity contribution in [2.24, 2.45) is 0 Å². The van der Waals surface area contributed by atoms with E-state index in [0.29, 0.717) is 11.8 Å². The van der Waals surface area contributed by atoms with E-state index >= 15 is 0 Å². The average Bonchev–Trinajstić information content (AvgIpc) is 2.68. The molecule has 0 radical (unpaired) electrons. The summed E-state index contributed by atoms with van der Waals surface area (Å²) in [4.78, 5) is 14.0. The predicted octanol–water partition coefficient (Wildman–Crippen LogP) is 3.12. The number of ether oxygens (including phenoxy) is 1. The lowest BCUT2D eigenvalue weighted by Crippen LogP contribution is -2.42. The molecule has 1 aromatic carbocycles. The number of benzene rings is 1. The first-order valence-corrected chi connectivity index (χ1v) is 7.05. The van der Waals surface area contributed by atoms with E-state index in [1.165, 1.54) is 11.1 Å². The van der Waals surface area contributed by atoms with Gasteiger partial charge in [0, 0.05) is 11.6 Å². The van der Waals surface area contributed by atoms with Crippen LogP contribution in [0.15, 0.2) is 18.2 Å². The third-order valence-corrected chi connectivity index (χ3v) is 3.47. The second-order valence-electron chi connectivity index (χ2n) is 6.64. The highest BCUT2D eigenvalue weighted by Crippen LogP contribution is 2.36. The Morgan fingerprint density at radius 2 is 2.05 bits per heavy atom. The van der Waals surface area contributed by atoms with E-state index in [2.05, 4.69) is 30.4 Å². The molecule has 1 unspecified atom stereocenters. The van der Waals surface area contributed by atoms with Gasteiger partial charge in [0.2, 0.25) is 0 Å². The van der Waals surface area contributed by atoms with Gasteiger partial charge in [-0.15, -0.1) is 0 Å². The third kappa shape index (κ3) is 3.51. The molecule has 4 nitrogen and oxygen atoms in total. The molecule has 1 aromatic rings. The Bertz CT molecular complexity index is 504. The molecule has 2 rings (SSSR count). The molecule has 1 aliphatic carbocycles. The summed E-state index contributed by atoms with van der Waals surface area (Å²) in [6.07, 6.45) is 1.76. The van der Waals surface area contributed by atoms with E-state index < -0.39 is 6.09 Å². The lowest BCUT2D eigenvalue weighted by atomic mass is 10.1. The summed E-state index contributed by atoms with van der Waals surface area (Å²) < 4.78 is 5.35. The standard InChI is InChI=1S/C16H24N2O2/c1-16(2,3)17-15(19)20-12-7-8-13-11(10-12)6-9-14(13)18(4)5/h7-8,10,14H,6,9H2,1-5H3,(H,17,19).